The van der Waals surface area contributed by atoms with Gasteiger partial charge in [0.1, 0.15) is 0 Å². The lowest BCUT2D eigenvalue weighted by Crippen LogP contribution is -2.64. The number of carbonyl (C=O) groups is 4. The van der Waals surface area contributed by atoms with Crippen LogP contribution in [0.25, 0.3) is 0 Å². The van der Waals surface area contributed by atoms with E-state index < -0.39 is 34.7 Å². The summed E-state index contributed by atoms with van der Waals surface area (Å²) >= 11 is 0. The van der Waals surface area contributed by atoms with E-state index in [1.165, 1.54) is 0 Å². The molecule has 0 aliphatic heterocycles. The van der Waals surface area contributed by atoms with Gasteiger partial charge in [0.05, 0.1) is 26.4 Å². The molecular weight excluding hydrogens is 488 g/mol. The van der Waals surface area contributed by atoms with Gasteiger partial charge in [-0.05, 0) is 38.5 Å². The molecule has 220 valence electrons. The molecule has 8 heteroatoms. The summed E-state index contributed by atoms with van der Waals surface area (Å²) in [5.74, 6) is -3.54. The molecule has 0 saturated heterocycles. The van der Waals surface area contributed by atoms with Crippen molar-refractivity contribution in [2.24, 2.45) is 10.8 Å². The average molecular weight is 541 g/mol. The fourth-order valence-corrected chi connectivity index (χ4v) is 5.04. The van der Waals surface area contributed by atoms with Crippen molar-refractivity contribution in [2.45, 2.75) is 130 Å². The molecule has 1 rings (SSSR count). The molecule has 0 unspecified atom stereocenters. The molecule has 38 heavy (non-hydrogen) atoms. The van der Waals surface area contributed by atoms with Gasteiger partial charge in [0.25, 0.3) is 0 Å². The Kier molecular flexibility index (Phi) is 17.0. The third-order valence-corrected chi connectivity index (χ3v) is 7.40. The molecule has 1 aliphatic carbocycles. The number of unbranched alkanes of at least 4 members (excludes halogenated alkanes) is 8. The van der Waals surface area contributed by atoms with E-state index in [1.54, 1.807) is 0 Å². The van der Waals surface area contributed by atoms with Gasteiger partial charge in [0, 0.05) is 0 Å². The highest BCUT2D eigenvalue weighted by atomic mass is 16.6. The Hall–Kier alpha value is -2.12. The lowest BCUT2D eigenvalue weighted by Gasteiger charge is -2.45. The van der Waals surface area contributed by atoms with Crippen LogP contribution in [0.3, 0.4) is 0 Å². The Morgan fingerprint density at radius 2 is 0.684 bits per heavy atom. The molecule has 0 aromatic rings. The van der Waals surface area contributed by atoms with Gasteiger partial charge in [-0.3, -0.25) is 19.2 Å². The number of rotatable bonds is 20. The number of hydrogen-bond donors (Lipinski definition) is 0. The van der Waals surface area contributed by atoms with Gasteiger partial charge in [-0.25, -0.2) is 0 Å². The highest BCUT2D eigenvalue weighted by Gasteiger charge is 2.73. The molecule has 0 aromatic carbocycles. The van der Waals surface area contributed by atoms with Crippen LogP contribution in [0, 0.1) is 10.8 Å². The maximum absolute atomic E-state index is 13.9. The minimum Gasteiger partial charge on any atom is -0.465 e. The Labute approximate surface area is 229 Å². The second kappa shape index (κ2) is 19.0. The van der Waals surface area contributed by atoms with Gasteiger partial charge in [-0.2, -0.15) is 0 Å². The first kappa shape index (κ1) is 33.9. The molecule has 0 atom stereocenters. The topological polar surface area (TPSA) is 105 Å². The van der Waals surface area contributed by atoms with Crippen molar-refractivity contribution in [3.63, 3.8) is 0 Å². The largest absolute Gasteiger partial charge is 0.465 e. The van der Waals surface area contributed by atoms with E-state index in [-0.39, 0.29) is 39.3 Å². The highest BCUT2D eigenvalue weighted by Crippen LogP contribution is 2.54. The summed E-state index contributed by atoms with van der Waals surface area (Å²) in [6.45, 7) is 8.54. The molecule has 0 heterocycles. The van der Waals surface area contributed by atoms with Gasteiger partial charge in [0.15, 0.2) is 10.8 Å². The summed E-state index contributed by atoms with van der Waals surface area (Å²) in [5, 5.41) is 0. The van der Waals surface area contributed by atoms with Crippen molar-refractivity contribution < 1.29 is 38.1 Å². The highest BCUT2D eigenvalue weighted by molar-refractivity contribution is 6.14. The Morgan fingerprint density at radius 1 is 0.447 bits per heavy atom. The van der Waals surface area contributed by atoms with E-state index in [9.17, 15) is 19.2 Å². The van der Waals surface area contributed by atoms with Crippen LogP contribution in [0.2, 0.25) is 0 Å². The zero-order valence-electron chi connectivity index (χ0n) is 24.4. The normalized spacial score (nSPS) is 15.9. The fourth-order valence-electron chi connectivity index (χ4n) is 5.04. The van der Waals surface area contributed by atoms with Crippen LogP contribution in [0.15, 0.2) is 0 Å². The lowest BCUT2D eigenvalue weighted by atomic mass is 9.55. The van der Waals surface area contributed by atoms with Crippen molar-refractivity contribution in [3.8, 4) is 0 Å². The molecule has 0 spiro atoms. The third-order valence-electron chi connectivity index (χ3n) is 7.40. The summed E-state index contributed by atoms with van der Waals surface area (Å²) in [6.07, 6.45) is 10.5. The fraction of sp³-hybridized carbons (Fsp3) is 0.867. The van der Waals surface area contributed by atoms with E-state index >= 15 is 0 Å². The standard InChI is InChI=1S/C30H52O8/c1-5-9-15-21-35-25(31)29(26(32)36-22-16-10-6-2)19-13-14-20-30(29,27(33)37-23-17-11-7-3)28(34)38-24-18-12-8-4/h5-24H2,1-4H3. The van der Waals surface area contributed by atoms with E-state index in [2.05, 4.69) is 0 Å². The zero-order chi connectivity index (χ0) is 28.3. The van der Waals surface area contributed by atoms with Crippen molar-refractivity contribution in [2.75, 3.05) is 26.4 Å². The summed E-state index contributed by atoms with van der Waals surface area (Å²) in [6, 6.07) is 0. The number of carbonyl (C=O) groups excluding carboxylic acids is 4. The number of esters is 4. The van der Waals surface area contributed by atoms with Gasteiger partial charge in [-0.15, -0.1) is 0 Å². The Morgan fingerprint density at radius 3 is 0.895 bits per heavy atom. The van der Waals surface area contributed by atoms with Crippen molar-refractivity contribution in [1.82, 2.24) is 0 Å². The van der Waals surface area contributed by atoms with Crippen LogP contribution in [-0.2, 0) is 38.1 Å². The molecule has 1 saturated carbocycles. The molecule has 0 N–H and O–H groups in total. The summed E-state index contributed by atoms with van der Waals surface area (Å²) in [4.78, 5) is 55.4. The summed E-state index contributed by atoms with van der Waals surface area (Å²) in [7, 11) is 0. The van der Waals surface area contributed by atoms with Crippen molar-refractivity contribution in [1.29, 1.82) is 0 Å². The Balaban J connectivity index is 3.49. The number of ether oxygens (including phenoxy) is 4. The third kappa shape index (κ3) is 8.98. The molecule has 1 fully saturated rings. The molecule has 0 bridgehead atoms. The van der Waals surface area contributed by atoms with Crippen LogP contribution in [0.1, 0.15) is 130 Å². The van der Waals surface area contributed by atoms with E-state index in [0.717, 1.165) is 51.4 Å². The first-order valence-electron chi connectivity index (χ1n) is 15.1. The van der Waals surface area contributed by atoms with Gasteiger partial charge in [-0.1, -0.05) is 91.9 Å². The predicted molar refractivity (Wildman–Crippen MR) is 145 cm³/mol. The summed E-state index contributed by atoms with van der Waals surface area (Å²) in [5.41, 5.74) is -4.26. The van der Waals surface area contributed by atoms with Crippen LogP contribution in [0.4, 0.5) is 0 Å². The maximum Gasteiger partial charge on any atom is 0.325 e. The first-order chi connectivity index (χ1) is 18.4. The zero-order valence-corrected chi connectivity index (χ0v) is 24.4. The average Bonchev–Trinajstić information content (AvgIpc) is 2.93. The van der Waals surface area contributed by atoms with Crippen molar-refractivity contribution in [3.05, 3.63) is 0 Å². The van der Waals surface area contributed by atoms with Crippen LogP contribution in [0.5, 0.6) is 0 Å². The molecule has 8 nitrogen and oxygen atoms in total. The van der Waals surface area contributed by atoms with Crippen LogP contribution in [-0.4, -0.2) is 50.3 Å². The molecule has 1 aliphatic rings. The van der Waals surface area contributed by atoms with E-state index in [1.807, 2.05) is 27.7 Å². The van der Waals surface area contributed by atoms with Gasteiger partial charge in [0.2, 0.25) is 0 Å². The SMILES string of the molecule is CCCCCOC(=O)C1(C(=O)OCCCCC)CCCCC1(C(=O)OCCCCC)C(=O)OCCCCC. The lowest BCUT2D eigenvalue weighted by molar-refractivity contribution is -0.209. The molecular formula is C30H52O8. The maximum atomic E-state index is 13.9. The van der Waals surface area contributed by atoms with Gasteiger partial charge >= 0.3 is 23.9 Å². The minimum atomic E-state index is -2.13. The second-order valence-electron chi connectivity index (χ2n) is 10.4. The predicted octanol–water partition coefficient (Wildman–Crippen LogP) is 6.47. The Bertz CT molecular complexity index is 609. The molecule has 0 radical (unpaired) electrons. The first-order valence-corrected chi connectivity index (χ1v) is 15.1. The molecule has 0 aromatic heterocycles. The van der Waals surface area contributed by atoms with Crippen LogP contribution >= 0.6 is 0 Å². The van der Waals surface area contributed by atoms with Crippen molar-refractivity contribution >= 4 is 23.9 Å². The molecule has 0 amide bonds. The number of hydrogen-bond acceptors (Lipinski definition) is 8. The van der Waals surface area contributed by atoms with Gasteiger partial charge < -0.3 is 18.9 Å². The van der Waals surface area contributed by atoms with Crippen LogP contribution < -0.4 is 0 Å². The van der Waals surface area contributed by atoms with E-state index in [4.69, 9.17) is 18.9 Å². The smallest absolute Gasteiger partial charge is 0.325 e. The minimum absolute atomic E-state index is 0.0274. The second-order valence-corrected chi connectivity index (χ2v) is 10.4. The van der Waals surface area contributed by atoms with E-state index in [0.29, 0.717) is 38.5 Å². The summed E-state index contributed by atoms with van der Waals surface area (Å²) < 4.78 is 22.5. The monoisotopic (exact) mass is 540 g/mol. The quantitative estimate of drug-likeness (QED) is 0.0749.